The monoisotopic (exact) mass is 714 g/mol. The highest BCUT2D eigenvalue weighted by molar-refractivity contribution is 5.81. The number of carbonyl (C=O) groups is 3. The fourth-order valence-corrected chi connectivity index (χ4v) is 5.97. The lowest BCUT2D eigenvalue weighted by Gasteiger charge is -2.26. The molecule has 0 saturated heterocycles. The van der Waals surface area contributed by atoms with Crippen LogP contribution >= 0.6 is 0 Å². The Kier molecular flexibility index (Phi) is 14.2. The molecule has 3 atom stereocenters. The van der Waals surface area contributed by atoms with E-state index in [0.717, 1.165) is 6.42 Å². The zero-order valence-electron chi connectivity index (χ0n) is 27.7. The summed E-state index contributed by atoms with van der Waals surface area (Å²) in [4.78, 5) is 58.3. The second kappa shape index (κ2) is 18.7. The number of non-ortho nitro benzene ring substituents is 2. The van der Waals surface area contributed by atoms with Gasteiger partial charge in [-0.1, -0.05) is 5.92 Å². The molecule has 0 radical (unpaired) electrons. The number of terminal acetylenes is 1. The Hall–Kier alpha value is -5.15. The third kappa shape index (κ3) is 11.2. The largest absolute Gasteiger partial charge is 0.513 e. The van der Waals surface area contributed by atoms with E-state index in [2.05, 4.69) is 5.92 Å². The highest BCUT2D eigenvalue weighted by Gasteiger charge is 2.88. The summed E-state index contributed by atoms with van der Waals surface area (Å²) in [6.07, 6.45) is 4.38. The molecule has 0 spiro atoms. The fourth-order valence-electron chi connectivity index (χ4n) is 5.97. The van der Waals surface area contributed by atoms with Gasteiger partial charge >= 0.3 is 12.3 Å². The quantitative estimate of drug-likeness (QED) is 0.0361. The summed E-state index contributed by atoms with van der Waals surface area (Å²) in [5.74, 6) is 2.47. The van der Waals surface area contributed by atoms with Crippen molar-refractivity contribution in [1.29, 1.82) is 0 Å². The number of benzene rings is 2. The first-order chi connectivity index (χ1) is 24.6. The SMILES string of the molecule is C#CCOCCOCCOCCOCCC(=O)CC12CC1[C@]2(CCOC(=O)Oc1ccc([N+](=O)[O-])cc1)COC(=O)Oc1ccc([N+](=O)[O-])cc1. The maximum Gasteiger partial charge on any atom is 0.513 e. The van der Waals surface area contributed by atoms with Gasteiger partial charge in [0.15, 0.2) is 0 Å². The zero-order valence-corrected chi connectivity index (χ0v) is 27.7. The number of ether oxygens (including phenoxy) is 8. The number of nitro groups is 2. The van der Waals surface area contributed by atoms with Gasteiger partial charge in [0.2, 0.25) is 0 Å². The molecule has 2 aliphatic carbocycles. The molecule has 51 heavy (non-hydrogen) atoms. The van der Waals surface area contributed by atoms with Gasteiger partial charge in [-0.15, -0.1) is 6.42 Å². The third-order valence-corrected chi connectivity index (χ3v) is 8.70. The number of nitro benzene ring substituents is 2. The average Bonchev–Trinajstić information content (AvgIpc) is 3.97. The summed E-state index contributed by atoms with van der Waals surface area (Å²) in [6.45, 7) is 2.43. The summed E-state index contributed by atoms with van der Waals surface area (Å²) in [7, 11) is 0. The molecule has 0 aromatic heterocycles. The van der Waals surface area contributed by atoms with Crippen molar-refractivity contribution in [3.63, 3.8) is 0 Å². The molecule has 0 N–H and O–H groups in total. The third-order valence-electron chi connectivity index (χ3n) is 8.70. The van der Waals surface area contributed by atoms with Crippen molar-refractivity contribution in [2.75, 3.05) is 66.1 Å². The van der Waals surface area contributed by atoms with Gasteiger partial charge in [-0.05, 0) is 48.4 Å². The van der Waals surface area contributed by atoms with Gasteiger partial charge in [0.25, 0.3) is 11.4 Å². The predicted octanol–water partition coefficient (Wildman–Crippen LogP) is 4.68. The molecule has 0 heterocycles. The molecule has 2 aliphatic rings. The van der Waals surface area contributed by atoms with Crippen molar-refractivity contribution in [2.45, 2.75) is 25.7 Å². The smallest absolute Gasteiger partial charge is 0.434 e. The Morgan fingerprint density at radius 2 is 1.22 bits per heavy atom. The minimum absolute atomic E-state index is 0.0345. The highest BCUT2D eigenvalue weighted by Crippen LogP contribution is 2.90. The van der Waals surface area contributed by atoms with Crippen LogP contribution in [-0.2, 0) is 33.2 Å². The minimum Gasteiger partial charge on any atom is -0.434 e. The molecule has 0 aliphatic heterocycles. The Morgan fingerprint density at radius 3 is 1.71 bits per heavy atom. The van der Waals surface area contributed by atoms with Crippen LogP contribution < -0.4 is 9.47 Å². The van der Waals surface area contributed by atoms with Crippen LogP contribution in [0.1, 0.15) is 25.7 Å². The van der Waals surface area contributed by atoms with Gasteiger partial charge in [-0.25, -0.2) is 9.59 Å². The van der Waals surface area contributed by atoms with Crippen LogP contribution in [0.5, 0.6) is 11.5 Å². The molecule has 2 saturated carbocycles. The van der Waals surface area contributed by atoms with E-state index >= 15 is 0 Å². The lowest BCUT2D eigenvalue weighted by atomic mass is 9.82. The minimum atomic E-state index is -1.04. The normalized spacial score (nSPS) is 19.5. The van der Waals surface area contributed by atoms with Gasteiger partial charge in [-0.3, -0.25) is 25.0 Å². The zero-order chi connectivity index (χ0) is 36.7. The van der Waals surface area contributed by atoms with Crippen molar-refractivity contribution in [3.8, 4) is 23.8 Å². The van der Waals surface area contributed by atoms with Crippen LogP contribution in [0.3, 0.4) is 0 Å². The number of carbonyl (C=O) groups excluding carboxylic acids is 3. The van der Waals surface area contributed by atoms with E-state index in [-0.39, 0.29) is 80.3 Å². The predicted molar refractivity (Wildman–Crippen MR) is 174 cm³/mol. The van der Waals surface area contributed by atoms with Gasteiger partial charge in [-0.2, -0.15) is 0 Å². The first-order valence-corrected chi connectivity index (χ1v) is 16.0. The maximum absolute atomic E-state index is 12.9. The van der Waals surface area contributed by atoms with Crippen LogP contribution in [0.2, 0.25) is 0 Å². The molecule has 17 heteroatoms. The molecule has 0 amide bonds. The van der Waals surface area contributed by atoms with E-state index in [4.69, 9.17) is 44.3 Å². The highest BCUT2D eigenvalue weighted by atomic mass is 16.7. The fraction of sp³-hybridized carbons (Fsp3) is 0.500. The van der Waals surface area contributed by atoms with Gasteiger partial charge in [0.05, 0.1) is 62.7 Å². The number of Topliss-reactive ketones (excluding diaryl/α,β-unsaturated/α-hetero) is 1. The van der Waals surface area contributed by atoms with Crippen molar-refractivity contribution < 1.29 is 62.1 Å². The summed E-state index contributed by atoms with van der Waals surface area (Å²) < 4.78 is 42.3. The molecule has 2 fully saturated rings. The second-order valence-electron chi connectivity index (χ2n) is 11.7. The molecular formula is C34H38N2O15. The number of hydrogen-bond donors (Lipinski definition) is 0. The number of hydrogen-bond acceptors (Lipinski definition) is 15. The van der Waals surface area contributed by atoms with E-state index in [9.17, 15) is 34.6 Å². The standard InChI is InChI=1S/C34H38N2O15/c1-2-13-44-16-18-46-20-21-47-19-17-45-14-11-27(37)22-34-23-30(34)33(34,24-49-32(39)51-29-9-5-26(6-10-29)36(42)43)12-15-48-31(38)50-28-7-3-25(4-8-28)35(40)41/h1,3-10,30H,11-24H2/t30?,33-,34?/m0/s1. The van der Waals surface area contributed by atoms with Gasteiger partial charge in [0.1, 0.15) is 30.5 Å². The topological polar surface area (TPSA) is 211 Å². The molecule has 2 aromatic carbocycles. The number of ketones is 1. The van der Waals surface area contributed by atoms with Crippen LogP contribution in [0.15, 0.2) is 48.5 Å². The number of fused-ring (bicyclic) bond motifs is 1. The Morgan fingerprint density at radius 1 is 0.725 bits per heavy atom. The lowest BCUT2D eigenvalue weighted by Crippen LogP contribution is -2.29. The van der Waals surface area contributed by atoms with Gasteiger partial charge < -0.3 is 37.9 Å². The second-order valence-corrected chi connectivity index (χ2v) is 11.7. The molecule has 2 unspecified atom stereocenters. The summed E-state index contributed by atoms with van der Waals surface area (Å²) in [5, 5.41) is 21.7. The first-order valence-electron chi connectivity index (χ1n) is 16.0. The Labute approximate surface area is 292 Å². The number of nitrogens with zero attached hydrogens (tertiary/aromatic N) is 2. The van der Waals surface area contributed by atoms with Crippen LogP contribution in [0, 0.1) is 49.3 Å². The molecular weight excluding hydrogens is 676 g/mol. The van der Waals surface area contributed by atoms with E-state index in [0.29, 0.717) is 39.6 Å². The van der Waals surface area contributed by atoms with Crippen molar-refractivity contribution >= 4 is 29.5 Å². The van der Waals surface area contributed by atoms with Crippen LogP contribution in [0.25, 0.3) is 0 Å². The number of rotatable bonds is 24. The van der Waals surface area contributed by atoms with E-state index in [1.807, 2.05) is 0 Å². The van der Waals surface area contributed by atoms with E-state index in [1.165, 1.54) is 48.5 Å². The first kappa shape index (κ1) is 38.6. The summed E-state index contributed by atoms with van der Waals surface area (Å²) in [5.41, 5.74) is -1.45. The van der Waals surface area contributed by atoms with Crippen molar-refractivity contribution in [3.05, 3.63) is 68.8 Å². The maximum atomic E-state index is 12.9. The molecule has 2 aromatic rings. The van der Waals surface area contributed by atoms with E-state index in [1.54, 1.807) is 0 Å². The Bertz CT molecular complexity index is 1560. The van der Waals surface area contributed by atoms with Crippen LogP contribution in [0.4, 0.5) is 21.0 Å². The molecule has 4 rings (SSSR count). The van der Waals surface area contributed by atoms with Crippen molar-refractivity contribution in [1.82, 2.24) is 0 Å². The molecule has 17 nitrogen and oxygen atoms in total. The summed E-state index contributed by atoms with van der Waals surface area (Å²) in [6, 6.07) is 9.78. The average molecular weight is 715 g/mol. The van der Waals surface area contributed by atoms with Gasteiger partial charge in [0, 0.05) is 42.5 Å². The summed E-state index contributed by atoms with van der Waals surface area (Å²) >= 11 is 0. The van der Waals surface area contributed by atoms with Crippen molar-refractivity contribution in [2.24, 2.45) is 16.7 Å². The van der Waals surface area contributed by atoms with E-state index < -0.39 is 33.0 Å². The Balaban J connectivity index is 1.21. The van der Waals surface area contributed by atoms with Crippen LogP contribution in [-0.4, -0.2) is 94.0 Å². The molecule has 0 bridgehead atoms. The lowest BCUT2D eigenvalue weighted by molar-refractivity contribution is -0.385. The molecule has 274 valence electrons.